The maximum Gasteiger partial charge on any atom is 0.253 e. The standard InChI is InChI=1S/C10H14N2O3/c1-7(14-2)10(13)12-8-4-5-9(15-3)11-6-8/h4-7H,1-3H3,(H,12,13). The van der Waals surface area contributed by atoms with E-state index in [1.54, 1.807) is 19.1 Å². The summed E-state index contributed by atoms with van der Waals surface area (Å²) < 4.78 is 9.77. The predicted octanol–water partition coefficient (Wildman–Crippen LogP) is 1.06. The van der Waals surface area contributed by atoms with Gasteiger partial charge in [0.1, 0.15) is 6.10 Å². The Morgan fingerprint density at radius 3 is 2.67 bits per heavy atom. The van der Waals surface area contributed by atoms with Crippen LogP contribution in [0.2, 0.25) is 0 Å². The van der Waals surface area contributed by atoms with Gasteiger partial charge in [0.15, 0.2) is 0 Å². The van der Waals surface area contributed by atoms with Gasteiger partial charge in [-0.2, -0.15) is 0 Å². The number of hydrogen-bond donors (Lipinski definition) is 1. The molecule has 1 aromatic rings. The lowest BCUT2D eigenvalue weighted by molar-refractivity contribution is -0.124. The van der Waals surface area contributed by atoms with E-state index < -0.39 is 6.10 Å². The predicted molar refractivity (Wildman–Crippen MR) is 55.9 cm³/mol. The Bertz CT molecular complexity index is 324. The van der Waals surface area contributed by atoms with Crippen molar-refractivity contribution in [1.82, 2.24) is 4.98 Å². The van der Waals surface area contributed by atoms with Gasteiger partial charge in [-0.05, 0) is 13.0 Å². The van der Waals surface area contributed by atoms with E-state index in [2.05, 4.69) is 10.3 Å². The normalized spacial score (nSPS) is 11.9. The Morgan fingerprint density at radius 2 is 2.20 bits per heavy atom. The third-order valence-electron chi connectivity index (χ3n) is 1.94. The van der Waals surface area contributed by atoms with E-state index in [9.17, 15) is 4.79 Å². The van der Waals surface area contributed by atoms with Crippen LogP contribution in [0.1, 0.15) is 6.92 Å². The van der Waals surface area contributed by atoms with Gasteiger partial charge in [0.05, 0.1) is 19.0 Å². The van der Waals surface area contributed by atoms with Crippen LogP contribution in [0.15, 0.2) is 18.3 Å². The number of carbonyl (C=O) groups is 1. The number of anilines is 1. The summed E-state index contributed by atoms with van der Waals surface area (Å²) in [5.41, 5.74) is 0.615. The summed E-state index contributed by atoms with van der Waals surface area (Å²) in [7, 11) is 3.02. The van der Waals surface area contributed by atoms with Crippen molar-refractivity contribution in [3.63, 3.8) is 0 Å². The average Bonchev–Trinajstić information content (AvgIpc) is 2.29. The summed E-state index contributed by atoms with van der Waals surface area (Å²) in [5, 5.41) is 2.66. The number of rotatable bonds is 4. The zero-order valence-electron chi connectivity index (χ0n) is 8.98. The number of methoxy groups -OCH3 is 2. The van der Waals surface area contributed by atoms with Gasteiger partial charge in [0.2, 0.25) is 5.88 Å². The highest BCUT2D eigenvalue weighted by molar-refractivity contribution is 5.93. The Labute approximate surface area is 88.4 Å². The summed E-state index contributed by atoms with van der Waals surface area (Å²) in [6, 6.07) is 3.39. The zero-order valence-corrected chi connectivity index (χ0v) is 8.98. The van der Waals surface area contributed by atoms with Crippen molar-refractivity contribution in [3.05, 3.63) is 18.3 Å². The molecule has 0 radical (unpaired) electrons. The number of amides is 1. The molecule has 1 unspecified atom stereocenters. The quantitative estimate of drug-likeness (QED) is 0.807. The molecule has 0 aromatic carbocycles. The lowest BCUT2D eigenvalue weighted by Gasteiger charge is -2.10. The van der Waals surface area contributed by atoms with Crippen molar-refractivity contribution in [1.29, 1.82) is 0 Å². The van der Waals surface area contributed by atoms with E-state index >= 15 is 0 Å². The van der Waals surface area contributed by atoms with Gasteiger partial charge in [-0.1, -0.05) is 0 Å². The first-order valence-electron chi connectivity index (χ1n) is 4.51. The molecule has 0 spiro atoms. The van der Waals surface area contributed by atoms with Crippen LogP contribution in [0.5, 0.6) is 5.88 Å². The van der Waals surface area contributed by atoms with E-state index in [0.717, 1.165) is 0 Å². The second-order valence-corrected chi connectivity index (χ2v) is 2.96. The molecule has 1 rings (SSSR count). The molecule has 0 saturated carbocycles. The zero-order chi connectivity index (χ0) is 11.3. The molecule has 0 aliphatic rings. The number of pyridine rings is 1. The van der Waals surface area contributed by atoms with Gasteiger partial charge < -0.3 is 14.8 Å². The molecular weight excluding hydrogens is 196 g/mol. The molecule has 82 valence electrons. The van der Waals surface area contributed by atoms with Crippen LogP contribution in [0, 0.1) is 0 Å². The Kier molecular flexibility index (Phi) is 4.05. The number of ether oxygens (including phenoxy) is 2. The van der Waals surface area contributed by atoms with Crippen molar-refractivity contribution in [2.24, 2.45) is 0 Å². The molecule has 5 heteroatoms. The van der Waals surface area contributed by atoms with Gasteiger partial charge in [0.25, 0.3) is 5.91 Å². The highest BCUT2D eigenvalue weighted by Crippen LogP contribution is 2.11. The topological polar surface area (TPSA) is 60.5 Å². The molecule has 1 atom stereocenters. The van der Waals surface area contributed by atoms with Gasteiger partial charge in [0, 0.05) is 13.2 Å². The minimum absolute atomic E-state index is 0.204. The second kappa shape index (κ2) is 5.31. The van der Waals surface area contributed by atoms with E-state index in [0.29, 0.717) is 11.6 Å². The molecule has 1 N–H and O–H groups in total. The molecule has 0 fully saturated rings. The van der Waals surface area contributed by atoms with Crippen LogP contribution in [-0.4, -0.2) is 31.2 Å². The SMILES string of the molecule is COc1ccc(NC(=O)C(C)OC)cn1. The molecule has 0 bridgehead atoms. The van der Waals surface area contributed by atoms with E-state index in [1.807, 2.05) is 0 Å². The minimum atomic E-state index is -0.480. The van der Waals surface area contributed by atoms with E-state index in [4.69, 9.17) is 9.47 Å². The van der Waals surface area contributed by atoms with Crippen molar-refractivity contribution in [2.75, 3.05) is 19.5 Å². The fourth-order valence-corrected chi connectivity index (χ4v) is 0.926. The van der Waals surface area contributed by atoms with Gasteiger partial charge in [-0.15, -0.1) is 0 Å². The van der Waals surface area contributed by atoms with Crippen LogP contribution in [0.3, 0.4) is 0 Å². The van der Waals surface area contributed by atoms with E-state index in [-0.39, 0.29) is 5.91 Å². The monoisotopic (exact) mass is 210 g/mol. The number of nitrogens with one attached hydrogen (secondary N) is 1. The summed E-state index contributed by atoms with van der Waals surface area (Å²) in [6.07, 6.45) is 1.05. The van der Waals surface area contributed by atoms with Crippen LogP contribution in [0.25, 0.3) is 0 Å². The molecule has 5 nitrogen and oxygen atoms in total. The van der Waals surface area contributed by atoms with Gasteiger partial charge in [-0.3, -0.25) is 4.79 Å². The lowest BCUT2D eigenvalue weighted by atomic mass is 10.3. The lowest BCUT2D eigenvalue weighted by Crippen LogP contribution is -2.26. The molecular formula is C10H14N2O3. The molecule has 0 aliphatic heterocycles. The average molecular weight is 210 g/mol. The summed E-state index contributed by atoms with van der Waals surface area (Å²) in [5.74, 6) is 0.303. The molecule has 1 heterocycles. The highest BCUT2D eigenvalue weighted by Gasteiger charge is 2.11. The first kappa shape index (κ1) is 11.5. The first-order valence-corrected chi connectivity index (χ1v) is 4.51. The third-order valence-corrected chi connectivity index (χ3v) is 1.94. The largest absolute Gasteiger partial charge is 0.481 e. The smallest absolute Gasteiger partial charge is 0.253 e. The van der Waals surface area contributed by atoms with Crippen LogP contribution in [0.4, 0.5) is 5.69 Å². The summed E-state index contributed by atoms with van der Waals surface area (Å²) in [4.78, 5) is 15.4. The van der Waals surface area contributed by atoms with Gasteiger partial charge in [-0.25, -0.2) is 4.98 Å². The fraction of sp³-hybridized carbons (Fsp3) is 0.400. The van der Waals surface area contributed by atoms with Crippen LogP contribution >= 0.6 is 0 Å². The molecule has 1 amide bonds. The maximum absolute atomic E-state index is 11.4. The third kappa shape index (κ3) is 3.21. The summed E-state index contributed by atoms with van der Waals surface area (Å²) in [6.45, 7) is 1.67. The molecule has 0 aliphatic carbocycles. The summed E-state index contributed by atoms with van der Waals surface area (Å²) >= 11 is 0. The van der Waals surface area contributed by atoms with Crippen molar-refractivity contribution < 1.29 is 14.3 Å². The van der Waals surface area contributed by atoms with Crippen LogP contribution < -0.4 is 10.1 Å². The van der Waals surface area contributed by atoms with Crippen molar-refractivity contribution in [3.8, 4) is 5.88 Å². The van der Waals surface area contributed by atoms with Crippen molar-refractivity contribution >= 4 is 11.6 Å². The molecule has 1 aromatic heterocycles. The molecule has 15 heavy (non-hydrogen) atoms. The van der Waals surface area contributed by atoms with Gasteiger partial charge >= 0.3 is 0 Å². The Balaban J connectivity index is 2.61. The highest BCUT2D eigenvalue weighted by atomic mass is 16.5. The maximum atomic E-state index is 11.4. The first-order chi connectivity index (χ1) is 7.17. The van der Waals surface area contributed by atoms with E-state index in [1.165, 1.54) is 20.4 Å². The number of carbonyl (C=O) groups excluding carboxylic acids is 1. The Hall–Kier alpha value is -1.62. The molecule has 0 saturated heterocycles. The van der Waals surface area contributed by atoms with Crippen molar-refractivity contribution in [2.45, 2.75) is 13.0 Å². The second-order valence-electron chi connectivity index (χ2n) is 2.96. The number of hydrogen-bond acceptors (Lipinski definition) is 4. The number of nitrogens with zero attached hydrogens (tertiary/aromatic N) is 1. The number of aromatic nitrogens is 1. The fourth-order valence-electron chi connectivity index (χ4n) is 0.926. The minimum Gasteiger partial charge on any atom is -0.481 e. The Morgan fingerprint density at radius 1 is 1.47 bits per heavy atom. The van der Waals surface area contributed by atoms with Crippen LogP contribution in [-0.2, 0) is 9.53 Å².